The van der Waals surface area contributed by atoms with E-state index < -0.39 is 17.7 Å². The average molecular weight is 201 g/mol. The minimum atomic E-state index is -0.567. The van der Waals surface area contributed by atoms with E-state index in [-0.39, 0.29) is 12.2 Å². The first-order chi connectivity index (χ1) is 6.66. The summed E-state index contributed by atoms with van der Waals surface area (Å²) in [4.78, 5) is 0. The number of hydrogen-bond acceptors (Lipinski definition) is 2. The zero-order valence-electron chi connectivity index (χ0n) is 7.93. The van der Waals surface area contributed by atoms with Gasteiger partial charge in [-0.2, -0.15) is 0 Å². The predicted octanol–water partition coefficient (Wildman–Crippen LogP) is 1.61. The van der Waals surface area contributed by atoms with Crippen LogP contribution in [0.25, 0.3) is 0 Å². The van der Waals surface area contributed by atoms with Gasteiger partial charge in [0.25, 0.3) is 0 Å². The summed E-state index contributed by atoms with van der Waals surface area (Å²) in [5.41, 5.74) is 0.0148. The van der Waals surface area contributed by atoms with Crippen LogP contribution in [0.5, 0.6) is 0 Å². The molecule has 2 nitrogen and oxygen atoms in total. The summed E-state index contributed by atoms with van der Waals surface area (Å²) < 4.78 is 26.4. The zero-order valence-corrected chi connectivity index (χ0v) is 7.93. The normalized spacial score (nSPS) is 12.9. The Morgan fingerprint density at radius 1 is 1.36 bits per heavy atom. The number of rotatable bonds is 4. The highest BCUT2D eigenvalue weighted by Gasteiger charge is 2.14. The van der Waals surface area contributed by atoms with Gasteiger partial charge in [0.2, 0.25) is 0 Å². The van der Waals surface area contributed by atoms with Crippen LogP contribution in [-0.2, 0) is 0 Å². The minimum Gasteiger partial charge on any atom is -0.395 e. The molecule has 0 aliphatic heterocycles. The Morgan fingerprint density at radius 2 is 1.93 bits per heavy atom. The maximum absolute atomic E-state index is 13.2. The van der Waals surface area contributed by atoms with Crippen LogP contribution in [0.3, 0.4) is 0 Å². The molecule has 0 aliphatic carbocycles. The lowest BCUT2D eigenvalue weighted by atomic mass is 10.1. The van der Waals surface area contributed by atoms with E-state index >= 15 is 0 Å². The molecule has 0 spiro atoms. The van der Waals surface area contributed by atoms with Crippen LogP contribution < -0.4 is 5.32 Å². The lowest BCUT2D eigenvalue weighted by Crippen LogP contribution is -2.23. The number of hydrogen-bond donors (Lipinski definition) is 2. The molecular weight excluding hydrogens is 188 g/mol. The number of nitrogens with one attached hydrogen (secondary N) is 1. The maximum Gasteiger partial charge on any atom is 0.130 e. The first-order valence-corrected chi connectivity index (χ1v) is 4.45. The first-order valence-electron chi connectivity index (χ1n) is 4.45. The van der Waals surface area contributed by atoms with Crippen molar-refractivity contribution in [3.63, 3.8) is 0 Å². The summed E-state index contributed by atoms with van der Waals surface area (Å²) in [6.07, 6.45) is 0. The molecule has 0 amide bonds. The highest BCUT2D eigenvalue weighted by atomic mass is 19.1. The zero-order chi connectivity index (χ0) is 10.6. The lowest BCUT2D eigenvalue weighted by Gasteiger charge is -2.14. The van der Waals surface area contributed by atoms with Gasteiger partial charge in [0.15, 0.2) is 0 Å². The van der Waals surface area contributed by atoms with Crippen LogP contribution in [0.2, 0.25) is 0 Å². The van der Waals surface area contributed by atoms with Crippen molar-refractivity contribution in [3.8, 4) is 0 Å². The molecule has 78 valence electrons. The second-order valence-corrected chi connectivity index (χ2v) is 3.03. The van der Waals surface area contributed by atoms with E-state index in [1.54, 1.807) is 6.92 Å². The van der Waals surface area contributed by atoms with Crippen LogP contribution in [0.4, 0.5) is 8.78 Å². The van der Waals surface area contributed by atoms with Crippen molar-refractivity contribution >= 4 is 0 Å². The van der Waals surface area contributed by atoms with Gasteiger partial charge in [-0.25, -0.2) is 8.78 Å². The highest BCUT2D eigenvalue weighted by Crippen LogP contribution is 2.19. The fourth-order valence-electron chi connectivity index (χ4n) is 1.31. The quantitative estimate of drug-likeness (QED) is 0.775. The third-order valence-electron chi connectivity index (χ3n) is 2.00. The second-order valence-electron chi connectivity index (χ2n) is 3.03. The molecule has 14 heavy (non-hydrogen) atoms. The van der Waals surface area contributed by atoms with Gasteiger partial charge >= 0.3 is 0 Å². The Bertz CT molecular complexity index is 284. The van der Waals surface area contributed by atoms with Gasteiger partial charge in [0.05, 0.1) is 6.61 Å². The van der Waals surface area contributed by atoms with Crippen LogP contribution in [-0.4, -0.2) is 18.3 Å². The number of benzene rings is 1. The molecule has 1 rings (SSSR count). The molecule has 0 bridgehead atoms. The number of aliphatic hydroxyl groups excluding tert-OH is 1. The van der Waals surface area contributed by atoms with Gasteiger partial charge in [-0.1, -0.05) is 6.07 Å². The standard InChI is InChI=1S/C10H13F2NO/c1-7(13-5-6-14)10-8(11)3-2-4-9(10)12/h2-4,7,13-14H,5-6H2,1H3. The van der Waals surface area contributed by atoms with E-state index in [9.17, 15) is 8.78 Å². The molecule has 1 unspecified atom stereocenters. The first kappa shape index (κ1) is 11.1. The summed E-state index contributed by atoms with van der Waals surface area (Å²) in [5.74, 6) is -1.13. The van der Waals surface area contributed by atoms with E-state index in [0.717, 1.165) is 0 Å². The molecule has 0 saturated heterocycles. The molecule has 0 heterocycles. The van der Waals surface area contributed by atoms with Crippen LogP contribution in [0, 0.1) is 11.6 Å². The highest BCUT2D eigenvalue weighted by molar-refractivity contribution is 5.22. The van der Waals surface area contributed by atoms with Gasteiger partial charge in [-0.05, 0) is 19.1 Å². The van der Waals surface area contributed by atoms with E-state index in [1.807, 2.05) is 0 Å². The van der Waals surface area contributed by atoms with E-state index in [0.29, 0.717) is 6.54 Å². The molecule has 1 atom stereocenters. The molecule has 0 aliphatic rings. The van der Waals surface area contributed by atoms with Gasteiger partial charge in [0, 0.05) is 18.2 Å². The monoisotopic (exact) mass is 201 g/mol. The summed E-state index contributed by atoms with van der Waals surface area (Å²) >= 11 is 0. The second kappa shape index (κ2) is 5.02. The van der Waals surface area contributed by atoms with Crippen molar-refractivity contribution < 1.29 is 13.9 Å². The Morgan fingerprint density at radius 3 is 2.43 bits per heavy atom. The summed E-state index contributed by atoms with van der Waals surface area (Å²) in [6.45, 7) is 1.91. The fraction of sp³-hybridized carbons (Fsp3) is 0.400. The molecule has 0 saturated carbocycles. The van der Waals surface area contributed by atoms with E-state index in [4.69, 9.17) is 5.11 Å². The lowest BCUT2D eigenvalue weighted by molar-refractivity contribution is 0.285. The van der Waals surface area contributed by atoms with Crippen molar-refractivity contribution in [2.75, 3.05) is 13.2 Å². The van der Waals surface area contributed by atoms with Crippen molar-refractivity contribution in [1.29, 1.82) is 0 Å². The molecular formula is C10H13F2NO. The third-order valence-corrected chi connectivity index (χ3v) is 2.00. The van der Waals surface area contributed by atoms with Gasteiger partial charge < -0.3 is 10.4 Å². The van der Waals surface area contributed by atoms with Crippen molar-refractivity contribution in [1.82, 2.24) is 5.32 Å². The largest absolute Gasteiger partial charge is 0.395 e. The predicted molar refractivity (Wildman–Crippen MR) is 49.9 cm³/mol. The summed E-state index contributed by atoms with van der Waals surface area (Å²) in [6, 6.07) is 3.32. The number of halogens is 2. The molecule has 0 radical (unpaired) electrons. The molecule has 2 N–H and O–H groups in total. The van der Waals surface area contributed by atoms with Crippen molar-refractivity contribution in [2.45, 2.75) is 13.0 Å². The Labute approximate surface area is 81.6 Å². The average Bonchev–Trinajstić information content (AvgIpc) is 2.14. The topological polar surface area (TPSA) is 32.3 Å². The van der Waals surface area contributed by atoms with Gasteiger partial charge in [-0.15, -0.1) is 0 Å². The van der Waals surface area contributed by atoms with Crippen molar-refractivity contribution in [2.24, 2.45) is 0 Å². The summed E-state index contributed by atoms with van der Waals surface area (Å²) in [7, 11) is 0. The van der Waals surface area contributed by atoms with Crippen LogP contribution >= 0.6 is 0 Å². The fourth-order valence-corrected chi connectivity index (χ4v) is 1.31. The molecule has 1 aromatic rings. The van der Waals surface area contributed by atoms with Crippen LogP contribution in [0.1, 0.15) is 18.5 Å². The van der Waals surface area contributed by atoms with Gasteiger partial charge in [-0.3, -0.25) is 0 Å². The molecule has 0 fully saturated rings. The SMILES string of the molecule is CC(NCCO)c1c(F)cccc1F. The Balaban J connectivity index is 2.82. The number of aliphatic hydroxyl groups is 1. The van der Waals surface area contributed by atoms with Crippen LogP contribution in [0.15, 0.2) is 18.2 Å². The Kier molecular flexibility index (Phi) is 3.98. The smallest absolute Gasteiger partial charge is 0.130 e. The maximum atomic E-state index is 13.2. The molecule has 1 aromatic carbocycles. The van der Waals surface area contributed by atoms with E-state index in [1.165, 1.54) is 18.2 Å². The van der Waals surface area contributed by atoms with Crippen molar-refractivity contribution in [3.05, 3.63) is 35.4 Å². The summed E-state index contributed by atoms with van der Waals surface area (Å²) in [5, 5.41) is 11.4. The van der Waals surface area contributed by atoms with E-state index in [2.05, 4.69) is 5.32 Å². The molecule has 0 aromatic heterocycles. The Hall–Kier alpha value is -1.00. The minimum absolute atomic E-state index is 0.0148. The molecule has 4 heteroatoms. The third kappa shape index (κ3) is 2.49. The van der Waals surface area contributed by atoms with Gasteiger partial charge in [0.1, 0.15) is 11.6 Å².